The topological polar surface area (TPSA) is 96.6 Å². The molecular formula is C25H28N4O5S. The van der Waals surface area contributed by atoms with E-state index < -0.39 is 0 Å². The Labute approximate surface area is 207 Å². The van der Waals surface area contributed by atoms with Crippen LogP contribution in [0.25, 0.3) is 21.9 Å². The summed E-state index contributed by atoms with van der Waals surface area (Å²) in [6.07, 6.45) is 0.760. The van der Waals surface area contributed by atoms with Gasteiger partial charge >= 0.3 is 0 Å². The average molecular weight is 497 g/mol. The number of aromatic nitrogens is 3. The van der Waals surface area contributed by atoms with E-state index >= 15 is 0 Å². The molecule has 1 amide bonds. The molecule has 0 bridgehead atoms. The van der Waals surface area contributed by atoms with Crippen molar-refractivity contribution >= 4 is 45.3 Å². The van der Waals surface area contributed by atoms with Crippen molar-refractivity contribution in [1.29, 1.82) is 0 Å². The Kier molecular flexibility index (Phi) is 7.20. The number of nitrogens with zero attached hydrogens (tertiary/aromatic N) is 3. The standard InChI is InChI=1S/C25H28N4O5S/c1-6-11-29-24(31)23-22(17-13-16(32-3)8-9-18(17)28(23)2)27-25(29)35-14-21(30)26-15-7-10-19(33-4)20(12-15)34-5/h7-10,12-13H,6,11,14H2,1-5H3,(H,26,30). The first-order valence-electron chi connectivity index (χ1n) is 11.1. The highest BCUT2D eigenvalue weighted by Crippen LogP contribution is 2.31. The van der Waals surface area contributed by atoms with E-state index in [1.165, 1.54) is 18.9 Å². The Balaban J connectivity index is 1.66. The normalized spacial score (nSPS) is 11.1. The van der Waals surface area contributed by atoms with Crippen LogP contribution in [0.15, 0.2) is 46.3 Å². The molecule has 35 heavy (non-hydrogen) atoms. The number of methoxy groups -OCH3 is 3. The van der Waals surface area contributed by atoms with Crippen molar-refractivity contribution in [2.24, 2.45) is 7.05 Å². The summed E-state index contributed by atoms with van der Waals surface area (Å²) in [5.74, 6) is 1.65. The van der Waals surface area contributed by atoms with Crippen LogP contribution in [-0.4, -0.2) is 47.1 Å². The Bertz CT molecular complexity index is 1460. The predicted octanol–water partition coefficient (Wildman–Crippen LogP) is 4.05. The van der Waals surface area contributed by atoms with Crippen LogP contribution in [-0.2, 0) is 18.4 Å². The first-order valence-corrected chi connectivity index (χ1v) is 12.1. The maximum absolute atomic E-state index is 13.5. The summed E-state index contributed by atoms with van der Waals surface area (Å²) in [4.78, 5) is 31.0. The van der Waals surface area contributed by atoms with Crippen LogP contribution in [0.4, 0.5) is 5.69 Å². The van der Waals surface area contributed by atoms with Gasteiger partial charge in [0.2, 0.25) is 5.91 Å². The van der Waals surface area contributed by atoms with E-state index in [-0.39, 0.29) is 17.2 Å². The fourth-order valence-corrected chi connectivity index (χ4v) is 4.85. The van der Waals surface area contributed by atoms with E-state index in [1.807, 2.05) is 36.7 Å². The van der Waals surface area contributed by atoms with Crippen molar-refractivity contribution in [3.05, 3.63) is 46.8 Å². The lowest BCUT2D eigenvalue weighted by molar-refractivity contribution is -0.113. The summed E-state index contributed by atoms with van der Waals surface area (Å²) in [6, 6.07) is 10.8. The lowest BCUT2D eigenvalue weighted by atomic mass is 10.2. The molecule has 9 nitrogen and oxygen atoms in total. The van der Waals surface area contributed by atoms with Gasteiger partial charge in [-0.15, -0.1) is 0 Å². The molecule has 2 aromatic carbocycles. The lowest BCUT2D eigenvalue weighted by Gasteiger charge is -2.12. The molecule has 0 unspecified atom stereocenters. The molecule has 0 aliphatic rings. The van der Waals surface area contributed by atoms with Gasteiger partial charge in [-0.3, -0.25) is 14.2 Å². The Hall–Kier alpha value is -3.66. The second-order valence-electron chi connectivity index (χ2n) is 7.90. The third-order valence-corrected chi connectivity index (χ3v) is 6.69. The summed E-state index contributed by atoms with van der Waals surface area (Å²) in [6.45, 7) is 2.51. The number of carbonyl (C=O) groups is 1. The van der Waals surface area contributed by atoms with Gasteiger partial charge in [0.15, 0.2) is 16.7 Å². The molecule has 4 aromatic rings. The number of hydrogen-bond donors (Lipinski definition) is 1. The molecule has 0 saturated heterocycles. The third-order valence-electron chi connectivity index (χ3n) is 5.71. The molecule has 0 spiro atoms. The number of thioether (sulfide) groups is 1. The number of fused-ring (bicyclic) bond motifs is 3. The molecule has 0 saturated carbocycles. The van der Waals surface area contributed by atoms with Crippen LogP contribution >= 0.6 is 11.8 Å². The molecule has 0 fully saturated rings. The van der Waals surface area contributed by atoms with Crippen LogP contribution < -0.4 is 25.1 Å². The van der Waals surface area contributed by atoms with Crippen LogP contribution in [0.1, 0.15) is 13.3 Å². The van der Waals surface area contributed by atoms with Crippen LogP contribution in [0.5, 0.6) is 17.2 Å². The van der Waals surface area contributed by atoms with Gasteiger partial charge in [-0.1, -0.05) is 18.7 Å². The van der Waals surface area contributed by atoms with E-state index in [2.05, 4.69) is 5.32 Å². The van der Waals surface area contributed by atoms with Gasteiger partial charge in [0.05, 0.1) is 32.6 Å². The van der Waals surface area contributed by atoms with Gasteiger partial charge in [0, 0.05) is 30.7 Å². The van der Waals surface area contributed by atoms with Gasteiger partial charge in [-0.2, -0.15) is 0 Å². The summed E-state index contributed by atoms with van der Waals surface area (Å²) in [5.41, 5.74) is 2.48. The van der Waals surface area contributed by atoms with Crippen LogP contribution in [0.3, 0.4) is 0 Å². The van der Waals surface area contributed by atoms with Gasteiger partial charge < -0.3 is 24.1 Å². The highest BCUT2D eigenvalue weighted by molar-refractivity contribution is 7.99. The van der Waals surface area contributed by atoms with Crippen molar-refractivity contribution in [3.63, 3.8) is 0 Å². The number of aryl methyl sites for hydroxylation is 1. The molecule has 2 aromatic heterocycles. The molecule has 4 rings (SSSR count). The van der Waals surface area contributed by atoms with Gasteiger partial charge in [0.25, 0.3) is 5.56 Å². The molecule has 0 aliphatic carbocycles. The van der Waals surface area contributed by atoms with E-state index in [1.54, 1.807) is 37.0 Å². The van der Waals surface area contributed by atoms with Gasteiger partial charge in [0.1, 0.15) is 16.8 Å². The van der Waals surface area contributed by atoms with Crippen molar-refractivity contribution in [3.8, 4) is 17.2 Å². The Morgan fingerprint density at radius 2 is 1.83 bits per heavy atom. The summed E-state index contributed by atoms with van der Waals surface area (Å²) in [5, 5.41) is 4.19. The molecule has 0 atom stereocenters. The summed E-state index contributed by atoms with van der Waals surface area (Å²) in [7, 11) is 6.56. The third kappa shape index (κ3) is 4.66. The smallest absolute Gasteiger partial charge is 0.278 e. The van der Waals surface area contributed by atoms with E-state index in [9.17, 15) is 9.59 Å². The van der Waals surface area contributed by atoms with Crippen molar-refractivity contribution < 1.29 is 19.0 Å². The van der Waals surface area contributed by atoms with E-state index in [4.69, 9.17) is 19.2 Å². The minimum absolute atomic E-state index is 0.0874. The quantitative estimate of drug-likeness (QED) is 0.276. The fraction of sp³-hybridized carbons (Fsp3) is 0.320. The van der Waals surface area contributed by atoms with Crippen molar-refractivity contribution in [1.82, 2.24) is 14.1 Å². The highest BCUT2D eigenvalue weighted by Gasteiger charge is 2.19. The Morgan fingerprint density at radius 3 is 2.51 bits per heavy atom. The largest absolute Gasteiger partial charge is 0.497 e. The highest BCUT2D eigenvalue weighted by atomic mass is 32.2. The number of benzene rings is 2. The molecular weight excluding hydrogens is 468 g/mol. The molecule has 184 valence electrons. The van der Waals surface area contributed by atoms with Crippen molar-refractivity contribution in [2.45, 2.75) is 25.0 Å². The maximum Gasteiger partial charge on any atom is 0.278 e. The van der Waals surface area contributed by atoms with Crippen LogP contribution in [0.2, 0.25) is 0 Å². The fourth-order valence-electron chi connectivity index (χ4n) is 4.03. The minimum Gasteiger partial charge on any atom is -0.497 e. The molecule has 0 radical (unpaired) electrons. The molecule has 0 aliphatic heterocycles. The lowest BCUT2D eigenvalue weighted by Crippen LogP contribution is -2.25. The number of carbonyl (C=O) groups excluding carboxylic acids is 1. The van der Waals surface area contributed by atoms with E-state index in [0.29, 0.717) is 45.7 Å². The second kappa shape index (κ2) is 10.3. The van der Waals surface area contributed by atoms with Crippen LogP contribution in [0, 0.1) is 0 Å². The Morgan fingerprint density at radius 1 is 1.06 bits per heavy atom. The molecule has 10 heteroatoms. The van der Waals surface area contributed by atoms with E-state index in [0.717, 1.165) is 17.3 Å². The first kappa shape index (κ1) is 24.5. The number of ether oxygens (including phenoxy) is 3. The van der Waals surface area contributed by atoms with Crippen molar-refractivity contribution in [2.75, 3.05) is 32.4 Å². The zero-order valence-electron chi connectivity index (χ0n) is 20.4. The van der Waals surface area contributed by atoms with Gasteiger partial charge in [-0.05, 0) is 36.8 Å². The number of amides is 1. The number of hydrogen-bond acceptors (Lipinski definition) is 7. The van der Waals surface area contributed by atoms with Gasteiger partial charge in [-0.25, -0.2) is 4.98 Å². The first-order chi connectivity index (χ1) is 16.9. The zero-order valence-corrected chi connectivity index (χ0v) is 21.2. The average Bonchev–Trinajstić information content (AvgIpc) is 3.15. The summed E-state index contributed by atoms with van der Waals surface area (Å²) < 4.78 is 19.4. The minimum atomic E-state index is -0.223. The molecule has 2 heterocycles. The monoisotopic (exact) mass is 496 g/mol. The predicted molar refractivity (Wildman–Crippen MR) is 138 cm³/mol. The second-order valence-corrected chi connectivity index (χ2v) is 8.84. The number of rotatable bonds is 9. The number of anilines is 1. The molecule has 1 N–H and O–H groups in total. The number of nitrogens with one attached hydrogen (secondary N) is 1. The SMILES string of the molecule is CCCn1c(SCC(=O)Nc2ccc(OC)c(OC)c2)nc2c3cc(OC)ccc3n(C)c2c1=O. The maximum atomic E-state index is 13.5. The summed E-state index contributed by atoms with van der Waals surface area (Å²) >= 11 is 1.23. The zero-order chi connectivity index (χ0) is 25.1.